The number of amides is 1. The molecule has 7 heteroatoms. The quantitative estimate of drug-likeness (QED) is 0.815. The summed E-state index contributed by atoms with van der Waals surface area (Å²) >= 11 is 0. The zero-order valence-electron chi connectivity index (χ0n) is 13.5. The lowest BCUT2D eigenvalue weighted by atomic mass is 9.84. The fraction of sp³-hybridized carbons (Fsp3) is 0.875. The van der Waals surface area contributed by atoms with Crippen LogP contribution >= 0.6 is 0 Å². The van der Waals surface area contributed by atoms with E-state index in [9.17, 15) is 23.1 Å². The Kier molecular flexibility index (Phi) is 4.19. The van der Waals surface area contributed by atoms with E-state index in [0.717, 1.165) is 38.5 Å². The van der Waals surface area contributed by atoms with Gasteiger partial charge in [0.1, 0.15) is 15.9 Å². The van der Waals surface area contributed by atoms with Gasteiger partial charge in [0.2, 0.25) is 5.91 Å². The van der Waals surface area contributed by atoms with Crippen molar-refractivity contribution in [2.24, 2.45) is 11.3 Å². The maximum atomic E-state index is 12.8. The minimum absolute atomic E-state index is 0.0331. The second-order valence-electron chi connectivity index (χ2n) is 7.75. The molecule has 2 saturated carbocycles. The Hall–Kier alpha value is -1.11. The molecule has 3 atom stereocenters. The lowest BCUT2D eigenvalue weighted by molar-refractivity contribution is -0.150. The summed E-state index contributed by atoms with van der Waals surface area (Å²) in [5.41, 5.74) is -0.444. The van der Waals surface area contributed by atoms with Crippen LogP contribution in [0.15, 0.2) is 0 Å². The van der Waals surface area contributed by atoms with E-state index in [1.165, 1.54) is 6.26 Å². The van der Waals surface area contributed by atoms with E-state index in [1.54, 1.807) is 4.90 Å². The van der Waals surface area contributed by atoms with E-state index in [4.69, 9.17) is 0 Å². The zero-order chi connectivity index (χ0) is 16.8. The Balaban J connectivity index is 1.75. The van der Waals surface area contributed by atoms with E-state index >= 15 is 0 Å². The molecule has 130 valence electrons. The van der Waals surface area contributed by atoms with Gasteiger partial charge in [0.05, 0.1) is 5.75 Å². The van der Waals surface area contributed by atoms with Crippen molar-refractivity contribution in [2.75, 3.05) is 12.0 Å². The molecule has 0 unspecified atom stereocenters. The third-order valence-corrected chi connectivity index (χ3v) is 6.85. The smallest absolute Gasteiger partial charge is 0.326 e. The molecular weight excluding hydrogens is 318 g/mol. The number of nitrogens with zero attached hydrogens (tertiary/aromatic N) is 1. The van der Waals surface area contributed by atoms with Gasteiger partial charge in [-0.1, -0.05) is 12.8 Å². The highest BCUT2D eigenvalue weighted by molar-refractivity contribution is 7.90. The van der Waals surface area contributed by atoms with Gasteiger partial charge in [-0.05, 0) is 43.4 Å². The molecule has 1 amide bonds. The highest BCUT2D eigenvalue weighted by Crippen LogP contribution is 2.51. The Morgan fingerprint density at radius 3 is 2.43 bits per heavy atom. The maximum absolute atomic E-state index is 12.8. The van der Waals surface area contributed by atoms with Crippen molar-refractivity contribution in [3.63, 3.8) is 0 Å². The summed E-state index contributed by atoms with van der Waals surface area (Å²) in [6.45, 7) is 0. The molecule has 1 N–H and O–H groups in total. The molecule has 0 spiro atoms. The summed E-state index contributed by atoms with van der Waals surface area (Å²) in [4.78, 5) is 26.0. The molecule has 3 fully saturated rings. The van der Waals surface area contributed by atoms with Crippen molar-refractivity contribution in [3.8, 4) is 0 Å². The number of fused-ring (bicyclic) bond motifs is 1. The van der Waals surface area contributed by atoms with Crippen LogP contribution in [0.4, 0.5) is 0 Å². The molecule has 0 aromatic carbocycles. The molecule has 3 rings (SSSR count). The van der Waals surface area contributed by atoms with Gasteiger partial charge in [-0.3, -0.25) is 4.79 Å². The molecule has 1 aliphatic heterocycles. The van der Waals surface area contributed by atoms with Crippen LogP contribution in [0.5, 0.6) is 0 Å². The fourth-order valence-electron chi connectivity index (χ4n) is 4.56. The van der Waals surface area contributed by atoms with Crippen LogP contribution in [0.2, 0.25) is 0 Å². The lowest BCUT2D eigenvalue weighted by Crippen LogP contribution is -2.47. The number of hydrogen-bond acceptors (Lipinski definition) is 4. The summed E-state index contributed by atoms with van der Waals surface area (Å²) in [5.74, 6) is -0.765. The average molecular weight is 343 g/mol. The van der Waals surface area contributed by atoms with Crippen LogP contribution in [0.25, 0.3) is 0 Å². The van der Waals surface area contributed by atoms with Crippen LogP contribution in [0, 0.1) is 11.3 Å². The number of carboxylic acids is 1. The van der Waals surface area contributed by atoms with Crippen molar-refractivity contribution in [1.82, 2.24) is 4.90 Å². The first-order valence-electron chi connectivity index (χ1n) is 8.42. The number of rotatable bonds is 5. The van der Waals surface area contributed by atoms with E-state index in [1.807, 2.05) is 0 Å². The summed E-state index contributed by atoms with van der Waals surface area (Å²) in [7, 11) is -3.13. The molecule has 0 aromatic heterocycles. The van der Waals surface area contributed by atoms with E-state index in [0.29, 0.717) is 12.3 Å². The third kappa shape index (κ3) is 3.54. The lowest BCUT2D eigenvalue weighted by Gasteiger charge is -2.34. The van der Waals surface area contributed by atoms with Gasteiger partial charge in [-0.15, -0.1) is 0 Å². The molecule has 0 bridgehead atoms. The molecule has 0 radical (unpaired) electrons. The SMILES string of the molecule is CS(=O)(=O)CC1(CC(=O)N2[C@@H]3CCCC[C@@H]3C[C@H]2C(=O)O)CC1. The molecule has 0 aromatic rings. The molecule has 1 saturated heterocycles. The largest absolute Gasteiger partial charge is 0.480 e. The predicted molar refractivity (Wildman–Crippen MR) is 84.6 cm³/mol. The molecular formula is C16H25NO5S. The number of carbonyl (C=O) groups excluding carboxylic acids is 1. The summed E-state index contributed by atoms with van der Waals surface area (Å²) in [5, 5.41) is 9.49. The Bertz CT molecular complexity index is 610. The third-order valence-electron chi connectivity index (χ3n) is 5.71. The highest BCUT2D eigenvalue weighted by atomic mass is 32.2. The minimum Gasteiger partial charge on any atom is -0.480 e. The number of sulfone groups is 1. The normalized spacial score (nSPS) is 32.4. The second kappa shape index (κ2) is 5.76. The summed E-state index contributed by atoms with van der Waals surface area (Å²) in [6.07, 6.45) is 7.41. The van der Waals surface area contributed by atoms with Crippen LogP contribution in [0.1, 0.15) is 51.4 Å². The van der Waals surface area contributed by atoms with Gasteiger partial charge in [-0.25, -0.2) is 13.2 Å². The van der Waals surface area contributed by atoms with E-state index in [-0.39, 0.29) is 24.1 Å². The average Bonchev–Trinajstić information content (AvgIpc) is 3.03. The number of likely N-dealkylation sites (tertiary alicyclic amines) is 1. The molecule has 2 aliphatic carbocycles. The molecule has 1 heterocycles. The maximum Gasteiger partial charge on any atom is 0.326 e. The second-order valence-corrected chi connectivity index (χ2v) is 9.89. The van der Waals surface area contributed by atoms with Crippen molar-refractivity contribution in [3.05, 3.63) is 0 Å². The number of hydrogen-bond donors (Lipinski definition) is 1. The van der Waals surface area contributed by atoms with Crippen molar-refractivity contribution < 1.29 is 23.1 Å². The number of aliphatic carboxylic acids is 1. The number of carboxylic acid groups (broad SMARTS) is 1. The molecule has 23 heavy (non-hydrogen) atoms. The number of carbonyl (C=O) groups is 2. The van der Waals surface area contributed by atoms with E-state index in [2.05, 4.69) is 0 Å². The van der Waals surface area contributed by atoms with Crippen molar-refractivity contribution in [1.29, 1.82) is 0 Å². The van der Waals surface area contributed by atoms with Crippen molar-refractivity contribution in [2.45, 2.75) is 63.5 Å². The van der Waals surface area contributed by atoms with Crippen LogP contribution in [-0.2, 0) is 19.4 Å². The monoisotopic (exact) mass is 343 g/mol. The Morgan fingerprint density at radius 2 is 1.87 bits per heavy atom. The van der Waals surface area contributed by atoms with E-state index < -0.39 is 27.3 Å². The predicted octanol–water partition coefficient (Wildman–Crippen LogP) is 1.45. The van der Waals surface area contributed by atoms with Crippen LogP contribution in [-0.4, -0.2) is 54.4 Å². The van der Waals surface area contributed by atoms with Crippen molar-refractivity contribution >= 4 is 21.7 Å². The Labute approximate surface area is 137 Å². The highest BCUT2D eigenvalue weighted by Gasteiger charge is 2.52. The first-order chi connectivity index (χ1) is 10.7. The standard InChI is InChI=1S/C16H25NO5S/c1-23(21,22)10-16(6-7-16)9-14(18)17-12-5-3-2-4-11(12)8-13(17)15(19)20/h11-13H,2-10H2,1H3,(H,19,20)/t11-,12-,13+/m1/s1. The summed E-state index contributed by atoms with van der Waals surface area (Å²) < 4.78 is 23.1. The van der Waals surface area contributed by atoms with Gasteiger partial charge in [0.25, 0.3) is 0 Å². The molecule has 6 nitrogen and oxygen atoms in total. The molecule has 3 aliphatic rings. The van der Waals surface area contributed by atoms with Crippen LogP contribution < -0.4 is 0 Å². The first kappa shape index (κ1) is 16.7. The zero-order valence-corrected chi connectivity index (χ0v) is 14.3. The van der Waals surface area contributed by atoms with Crippen LogP contribution in [0.3, 0.4) is 0 Å². The topological polar surface area (TPSA) is 91.8 Å². The first-order valence-corrected chi connectivity index (χ1v) is 10.5. The van der Waals surface area contributed by atoms with Gasteiger partial charge >= 0.3 is 5.97 Å². The van der Waals surface area contributed by atoms with Gasteiger partial charge in [-0.2, -0.15) is 0 Å². The minimum atomic E-state index is -3.13. The Morgan fingerprint density at radius 1 is 1.22 bits per heavy atom. The van der Waals surface area contributed by atoms with Gasteiger partial charge in [0.15, 0.2) is 0 Å². The summed E-state index contributed by atoms with van der Waals surface area (Å²) in [6, 6.07) is -0.698. The fourth-order valence-corrected chi connectivity index (χ4v) is 6.06. The van der Waals surface area contributed by atoms with Gasteiger partial charge < -0.3 is 10.0 Å². The van der Waals surface area contributed by atoms with Gasteiger partial charge in [0, 0.05) is 18.7 Å².